The van der Waals surface area contributed by atoms with E-state index in [9.17, 15) is 4.79 Å². The van der Waals surface area contributed by atoms with E-state index < -0.39 is 5.91 Å². The third kappa shape index (κ3) is 4.11. The summed E-state index contributed by atoms with van der Waals surface area (Å²) in [4.78, 5) is 21.4. The van der Waals surface area contributed by atoms with Gasteiger partial charge in [0.1, 0.15) is 22.9 Å². The Labute approximate surface area is 198 Å². The molecule has 0 aromatic carbocycles. The summed E-state index contributed by atoms with van der Waals surface area (Å²) in [5, 5.41) is 11.7. The summed E-state index contributed by atoms with van der Waals surface area (Å²) in [6, 6.07) is 3.43. The van der Waals surface area contributed by atoms with E-state index in [2.05, 4.69) is 37.3 Å². The first-order chi connectivity index (χ1) is 16.0. The molecule has 1 amide bonds. The minimum absolute atomic E-state index is 0.204. The molecule has 1 saturated heterocycles. The molecule has 1 fully saturated rings. The highest BCUT2D eigenvalue weighted by atomic mass is 35.5. The van der Waals surface area contributed by atoms with Crippen molar-refractivity contribution in [2.75, 3.05) is 32.2 Å². The average molecular weight is 484 g/mol. The van der Waals surface area contributed by atoms with Crippen LogP contribution in [0.1, 0.15) is 16.1 Å². The van der Waals surface area contributed by atoms with E-state index in [1.807, 2.05) is 6.92 Å². The third-order valence-corrected chi connectivity index (χ3v) is 6.47. The van der Waals surface area contributed by atoms with Gasteiger partial charge in [0.05, 0.1) is 38.0 Å². The molecule has 9 nitrogen and oxygen atoms in total. The normalized spacial score (nSPS) is 20.3. The number of carbonyl (C=O) groups is 1. The highest BCUT2D eigenvalue weighted by molar-refractivity contribution is 7.17. The Morgan fingerprint density at radius 2 is 2.21 bits per heavy atom. The fourth-order valence-electron chi connectivity index (χ4n) is 3.68. The van der Waals surface area contributed by atoms with Gasteiger partial charge in [0.2, 0.25) is 5.13 Å². The smallest absolute Gasteiger partial charge is 0.295 e. The Kier molecular flexibility index (Phi) is 5.62. The summed E-state index contributed by atoms with van der Waals surface area (Å²) in [7, 11) is 1.53. The van der Waals surface area contributed by atoms with Crippen molar-refractivity contribution in [3.05, 3.63) is 40.9 Å². The number of halogens is 1. The number of anilines is 1. The van der Waals surface area contributed by atoms with Gasteiger partial charge in [-0.3, -0.25) is 15.1 Å². The number of carbonyl (C=O) groups excluding carboxylic acids is 1. The highest BCUT2D eigenvalue weighted by Gasteiger charge is 2.48. The molecular formula is C22H18ClN5O4S. The molecule has 3 aromatic heterocycles. The molecule has 33 heavy (non-hydrogen) atoms. The highest BCUT2D eigenvalue weighted by Crippen LogP contribution is 2.40. The Morgan fingerprint density at radius 1 is 1.33 bits per heavy atom. The van der Waals surface area contributed by atoms with Crippen LogP contribution in [0.2, 0.25) is 5.15 Å². The monoisotopic (exact) mass is 483 g/mol. The molecule has 11 heteroatoms. The van der Waals surface area contributed by atoms with Crippen LogP contribution in [0.15, 0.2) is 24.5 Å². The molecule has 0 radical (unpaired) electrons. The van der Waals surface area contributed by atoms with Crippen LogP contribution in [-0.4, -0.2) is 53.0 Å². The number of aryl methyl sites for hydroxylation is 1. The molecule has 168 valence electrons. The molecule has 2 atom stereocenters. The van der Waals surface area contributed by atoms with Crippen molar-refractivity contribution in [2.24, 2.45) is 11.3 Å². The van der Waals surface area contributed by atoms with Gasteiger partial charge in [-0.2, -0.15) is 0 Å². The number of aromatic nitrogens is 4. The van der Waals surface area contributed by atoms with Gasteiger partial charge in [0.15, 0.2) is 0 Å². The minimum Gasteiger partial charge on any atom is -0.494 e. The van der Waals surface area contributed by atoms with Gasteiger partial charge in [0, 0.05) is 23.0 Å². The lowest BCUT2D eigenvalue weighted by Crippen LogP contribution is -2.39. The molecule has 5 rings (SSSR count). The van der Waals surface area contributed by atoms with E-state index in [0.29, 0.717) is 52.6 Å². The Balaban J connectivity index is 1.34. The van der Waals surface area contributed by atoms with Crippen molar-refractivity contribution >= 4 is 34.0 Å². The van der Waals surface area contributed by atoms with Crippen molar-refractivity contribution in [3.8, 4) is 33.9 Å². The van der Waals surface area contributed by atoms with E-state index in [1.54, 1.807) is 12.1 Å². The van der Waals surface area contributed by atoms with Crippen LogP contribution < -0.4 is 14.8 Å². The number of fused-ring (bicyclic) bond motifs is 1. The van der Waals surface area contributed by atoms with E-state index >= 15 is 0 Å². The first-order valence-corrected chi connectivity index (χ1v) is 11.2. The Morgan fingerprint density at radius 3 is 2.97 bits per heavy atom. The summed E-state index contributed by atoms with van der Waals surface area (Å²) in [5.74, 6) is 6.53. The molecule has 2 aliphatic rings. The second kappa shape index (κ2) is 8.59. The fraction of sp³-hybridized carbons (Fsp3) is 0.318. The molecule has 1 N–H and O–H groups in total. The van der Waals surface area contributed by atoms with Gasteiger partial charge in [-0.15, -0.1) is 5.10 Å². The predicted molar refractivity (Wildman–Crippen MR) is 122 cm³/mol. The lowest BCUT2D eigenvalue weighted by molar-refractivity contribution is 0.102. The summed E-state index contributed by atoms with van der Waals surface area (Å²) in [6.07, 6.45) is 3.01. The number of amides is 1. The van der Waals surface area contributed by atoms with Gasteiger partial charge in [-0.25, -0.2) is 4.98 Å². The van der Waals surface area contributed by atoms with Gasteiger partial charge >= 0.3 is 0 Å². The number of methoxy groups -OCH3 is 1. The molecule has 3 aromatic rings. The van der Waals surface area contributed by atoms with Crippen LogP contribution in [0.3, 0.4) is 0 Å². The number of rotatable bonds is 7. The number of hydrogen-bond acceptors (Lipinski definition) is 9. The number of ether oxygens (including phenoxy) is 3. The Bertz CT molecular complexity index is 1300. The zero-order valence-corrected chi connectivity index (χ0v) is 19.3. The number of nitrogens with zero attached hydrogens (tertiary/aromatic N) is 4. The summed E-state index contributed by atoms with van der Waals surface area (Å²) >= 11 is 7.23. The van der Waals surface area contributed by atoms with Crippen molar-refractivity contribution < 1.29 is 19.0 Å². The molecule has 0 saturated carbocycles. The van der Waals surface area contributed by atoms with E-state index in [0.717, 1.165) is 17.0 Å². The summed E-state index contributed by atoms with van der Waals surface area (Å²) < 4.78 is 16.7. The maximum Gasteiger partial charge on any atom is 0.295 e. The molecule has 0 bridgehead atoms. The topological polar surface area (TPSA) is 108 Å². The van der Waals surface area contributed by atoms with Crippen LogP contribution in [0.4, 0.5) is 5.13 Å². The van der Waals surface area contributed by atoms with Crippen LogP contribution in [0.5, 0.6) is 10.9 Å². The third-order valence-electron chi connectivity index (χ3n) is 5.52. The minimum atomic E-state index is -0.400. The maximum absolute atomic E-state index is 13.1. The largest absolute Gasteiger partial charge is 0.494 e. The zero-order chi connectivity index (χ0) is 23.0. The second-order valence-electron chi connectivity index (χ2n) is 7.69. The standard InChI is InChI=1S/C22H18ClN5O4S/c1-12-5-14(15-6-18(23)25-8-17(15)30-2)16(7-24-12)19(29)26-20-27-28-21(33-20)32-11-22-4-3-13(22)9-31-10-22/h5-8,13H,9-11H2,1-2H3,(H,26,27,29)/t13-,22+/m1/s1. The lowest BCUT2D eigenvalue weighted by Gasteiger charge is -2.30. The molecular weight excluding hydrogens is 466 g/mol. The summed E-state index contributed by atoms with van der Waals surface area (Å²) in [5.41, 5.74) is 2.03. The van der Waals surface area contributed by atoms with Crippen LogP contribution in [0.25, 0.3) is 11.1 Å². The molecule has 1 aliphatic carbocycles. The number of pyridine rings is 2. The molecule has 0 spiro atoms. The van der Waals surface area contributed by atoms with Gasteiger partial charge in [-0.1, -0.05) is 28.5 Å². The van der Waals surface area contributed by atoms with Crippen molar-refractivity contribution in [2.45, 2.75) is 6.92 Å². The van der Waals surface area contributed by atoms with Crippen LogP contribution in [-0.2, 0) is 4.74 Å². The average Bonchev–Trinajstić information content (AvgIpc) is 3.35. The Hall–Kier alpha value is -3.26. The van der Waals surface area contributed by atoms with Crippen molar-refractivity contribution in [1.82, 2.24) is 20.2 Å². The van der Waals surface area contributed by atoms with Crippen molar-refractivity contribution in [1.29, 1.82) is 0 Å². The van der Waals surface area contributed by atoms with Crippen molar-refractivity contribution in [3.63, 3.8) is 0 Å². The molecule has 0 unspecified atom stereocenters. The number of hydrogen-bond donors (Lipinski definition) is 1. The maximum atomic E-state index is 13.1. The first-order valence-electron chi connectivity index (χ1n) is 10.0. The van der Waals surface area contributed by atoms with E-state index in [1.165, 1.54) is 19.5 Å². The van der Waals surface area contributed by atoms with Gasteiger partial charge in [-0.05, 0) is 30.4 Å². The SMILES string of the molecule is COc1cnc(Cl)cc1-c1cc(C)ncc1C(=O)Nc1nnc(OC[C@@]23C#C[C@@H]2COC3)s1. The fourth-order valence-corrected chi connectivity index (χ4v) is 4.43. The molecule has 1 aliphatic heterocycles. The van der Waals surface area contributed by atoms with Gasteiger partial charge in [0.25, 0.3) is 11.1 Å². The van der Waals surface area contributed by atoms with E-state index in [4.69, 9.17) is 25.8 Å². The molecule has 4 heterocycles. The first kappa shape index (κ1) is 21.6. The van der Waals surface area contributed by atoms with Crippen LogP contribution >= 0.6 is 22.9 Å². The zero-order valence-electron chi connectivity index (χ0n) is 17.7. The summed E-state index contributed by atoms with van der Waals surface area (Å²) in [6.45, 7) is 3.40. The quantitative estimate of drug-likeness (QED) is 0.403. The van der Waals surface area contributed by atoms with E-state index in [-0.39, 0.29) is 16.5 Å². The van der Waals surface area contributed by atoms with Gasteiger partial charge < -0.3 is 14.2 Å². The second-order valence-corrected chi connectivity index (χ2v) is 9.02. The predicted octanol–water partition coefficient (Wildman–Crippen LogP) is 3.25. The van der Waals surface area contributed by atoms with Crippen LogP contribution in [0, 0.1) is 30.1 Å². The lowest BCUT2D eigenvalue weighted by atomic mass is 9.73. The number of nitrogens with one attached hydrogen (secondary N) is 1.